The molecule has 10 rings (SSSR count). The second-order valence-electron chi connectivity index (χ2n) is 17.4. The molecule has 1 aromatic carbocycles. The van der Waals surface area contributed by atoms with Crippen LogP contribution < -0.4 is 31.4 Å². The summed E-state index contributed by atoms with van der Waals surface area (Å²) in [5.41, 5.74) is 13.2. The molecule has 5 aliphatic rings. The van der Waals surface area contributed by atoms with Gasteiger partial charge in [-0.15, -0.1) is 0 Å². The maximum atomic E-state index is 13.6. The number of imidazole rings is 1. The van der Waals surface area contributed by atoms with Crippen LogP contribution in [0.5, 0.6) is 0 Å². The van der Waals surface area contributed by atoms with Gasteiger partial charge in [-0.05, 0) is 107 Å². The minimum atomic E-state index is -0.131. The molecule has 2 saturated carbocycles. The lowest BCUT2D eigenvalue weighted by Crippen LogP contribution is -2.74. The summed E-state index contributed by atoms with van der Waals surface area (Å²) in [7, 11) is 0. The highest BCUT2D eigenvalue weighted by Crippen LogP contribution is 2.46. The Labute approximate surface area is 338 Å². The number of carbonyl (C=O) groups excluding carboxylic acids is 1. The van der Waals surface area contributed by atoms with Gasteiger partial charge in [-0.1, -0.05) is 6.42 Å². The number of nitrogens with zero attached hydrogens (tertiary/aromatic N) is 9. The van der Waals surface area contributed by atoms with Crippen molar-refractivity contribution in [2.45, 2.75) is 88.8 Å². The first kappa shape index (κ1) is 37.1. The predicted octanol–water partition coefficient (Wildman–Crippen LogP) is 2.49. The maximum Gasteiger partial charge on any atom is 0.342 e. The third kappa shape index (κ3) is 6.84. The number of amidine groups is 1. The highest BCUT2D eigenvalue weighted by Gasteiger charge is 2.72. The van der Waals surface area contributed by atoms with Gasteiger partial charge in [0.15, 0.2) is 5.65 Å². The van der Waals surface area contributed by atoms with Gasteiger partial charge >= 0.3 is 11.7 Å². The average molecular weight is 784 g/mol. The standard InChI is InChI=1S/C44H54N12O2/c1-30-23-37(50-55-25-31(2)47-40(30)55)36-24-39(57)54-27-35(12-13-38(54)48-36)53-26-33(49-43(28-53)16-17-43)7-6-18-51-19-21-52(22-20-51)34-10-8-32(9-11-34)41(58)56-42(46-29-45)44(56)14-4-3-5-15-44/h8-13,23-25,27,33,49H,3-7,14-22,26,28-29,45H2,1-2H3/p+1. The quantitative estimate of drug-likeness (QED) is 0.151. The highest BCUT2D eigenvalue weighted by molar-refractivity contribution is 6.20. The van der Waals surface area contributed by atoms with E-state index in [4.69, 9.17) is 15.8 Å². The van der Waals surface area contributed by atoms with Gasteiger partial charge in [-0.2, -0.15) is 10.00 Å². The van der Waals surface area contributed by atoms with Crippen molar-refractivity contribution in [2.75, 3.05) is 62.3 Å². The maximum absolute atomic E-state index is 13.6. The summed E-state index contributed by atoms with van der Waals surface area (Å²) in [5, 5.41) is 8.72. The van der Waals surface area contributed by atoms with Crippen LogP contribution in [0.4, 0.5) is 11.4 Å². The summed E-state index contributed by atoms with van der Waals surface area (Å²) in [6.45, 7) is 11.3. The summed E-state index contributed by atoms with van der Waals surface area (Å²) in [6.07, 6.45) is 14.1. The van der Waals surface area contributed by atoms with Crippen LogP contribution in [0.15, 0.2) is 65.7 Å². The molecule has 2 aliphatic carbocycles. The first-order valence-corrected chi connectivity index (χ1v) is 21.3. The smallest absolute Gasteiger partial charge is 0.342 e. The molecule has 5 aromatic rings. The van der Waals surface area contributed by atoms with Gasteiger partial charge in [0.1, 0.15) is 18.0 Å². The van der Waals surface area contributed by atoms with Gasteiger partial charge in [-0.25, -0.2) is 19.3 Å². The zero-order valence-corrected chi connectivity index (χ0v) is 33.8. The minimum absolute atomic E-state index is 0.0838. The van der Waals surface area contributed by atoms with Gasteiger partial charge in [0.25, 0.3) is 5.56 Å². The Morgan fingerprint density at radius 1 is 0.897 bits per heavy atom. The molecule has 1 unspecified atom stereocenters. The minimum Gasteiger partial charge on any atom is -0.369 e. The van der Waals surface area contributed by atoms with Crippen LogP contribution in [0, 0.1) is 13.8 Å². The SMILES string of the molecule is Cc1cn2nc(-c3cc(=O)n4cc(N5CC(CCCN6CCN(c7ccc(C(=O)N8C(=[NH+]CN)C89CCCCC9)cc7)CC6)NC6(CC6)C5)ccc4n3)cc(C)c2n1. The number of pyridine rings is 1. The lowest BCUT2D eigenvalue weighted by Gasteiger charge is -2.41. The van der Waals surface area contributed by atoms with E-state index >= 15 is 0 Å². The van der Waals surface area contributed by atoms with Gasteiger partial charge in [0.2, 0.25) is 5.54 Å². The molecule has 0 radical (unpaired) electrons. The van der Waals surface area contributed by atoms with Crippen molar-refractivity contribution in [1.82, 2.24) is 39.1 Å². The molecule has 4 aromatic heterocycles. The van der Waals surface area contributed by atoms with Crippen molar-refractivity contribution >= 4 is 34.4 Å². The van der Waals surface area contributed by atoms with Gasteiger partial charge in [0.05, 0.1) is 28.8 Å². The van der Waals surface area contributed by atoms with Crippen molar-refractivity contribution in [3.8, 4) is 11.4 Å². The molecule has 3 aliphatic heterocycles. The van der Waals surface area contributed by atoms with E-state index < -0.39 is 0 Å². The Bertz CT molecular complexity index is 2450. The van der Waals surface area contributed by atoms with Crippen LogP contribution in [0.1, 0.15) is 79.4 Å². The van der Waals surface area contributed by atoms with Gasteiger partial charge in [-0.3, -0.25) is 24.8 Å². The topological polar surface area (TPSA) is 146 Å². The zero-order chi connectivity index (χ0) is 39.6. The van der Waals surface area contributed by atoms with Crippen LogP contribution in [0.25, 0.3) is 22.7 Å². The van der Waals surface area contributed by atoms with E-state index in [1.807, 2.05) is 55.4 Å². The number of benzene rings is 1. The van der Waals surface area contributed by atoms with Gasteiger partial charge in [0, 0.05) is 81.6 Å². The molecule has 4 N–H and O–H groups in total. The molecule has 14 heteroatoms. The first-order valence-electron chi connectivity index (χ1n) is 21.3. The molecule has 58 heavy (non-hydrogen) atoms. The lowest BCUT2D eigenvalue weighted by molar-refractivity contribution is -0.455. The fourth-order valence-electron chi connectivity index (χ4n) is 10.1. The normalized spacial score (nSPS) is 22.2. The van der Waals surface area contributed by atoms with Crippen molar-refractivity contribution in [2.24, 2.45) is 5.73 Å². The van der Waals surface area contributed by atoms with Crippen LogP contribution in [-0.4, -0.2) is 115 Å². The molecule has 7 heterocycles. The number of aryl methyl sites for hydroxylation is 2. The molecule has 1 atom stereocenters. The fraction of sp³-hybridized carbons (Fsp3) is 0.500. The number of hydrogen-bond donors (Lipinski definition) is 3. The molecule has 2 spiro atoms. The van der Waals surface area contributed by atoms with Crippen LogP contribution >= 0.6 is 0 Å². The Balaban J connectivity index is 0.734. The van der Waals surface area contributed by atoms with E-state index in [1.165, 1.54) is 24.9 Å². The number of anilines is 2. The summed E-state index contributed by atoms with van der Waals surface area (Å²) in [6, 6.07) is 16.2. The van der Waals surface area contributed by atoms with E-state index in [0.29, 0.717) is 29.7 Å². The average Bonchev–Trinajstić information content (AvgIpc) is 4.07. The molecular weight excluding hydrogens is 729 g/mol. The second kappa shape index (κ2) is 14.6. The number of fused-ring (bicyclic) bond motifs is 2. The van der Waals surface area contributed by atoms with E-state index in [0.717, 1.165) is 118 Å². The van der Waals surface area contributed by atoms with E-state index in [1.54, 1.807) is 15.0 Å². The second-order valence-corrected chi connectivity index (χ2v) is 17.4. The Kier molecular flexibility index (Phi) is 9.33. The van der Waals surface area contributed by atoms with Crippen molar-refractivity contribution < 1.29 is 9.79 Å². The largest absolute Gasteiger partial charge is 0.369 e. The number of aromatic nitrogens is 5. The van der Waals surface area contributed by atoms with Crippen molar-refractivity contribution in [1.29, 1.82) is 0 Å². The molecule has 3 saturated heterocycles. The predicted molar refractivity (Wildman–Crippen MR) is 225 cm³/mol. The van der Waals surface area contributed by atoms with E-state index in [-0.39, 0.29) is 22.5 Å². The fourth-order valence-corrected chi connectivity index (χ4v) is 10.1. The number of nitrogens with two attached hydrogens (primary N) is 1. The summed E-state index contributed by atoms with van der Waals surface area (Å²) in [5.74, 6) is 1.10. The summed E-state index contributed by atoms with van der Waals surface area (Å²) >= 11 is 0. The van der Waals surface area contributed by atoms with Crippen LogP contribution in [0.2, 0.25) is 0 Å². The summed E-state index contributed by atoms with van der Waals surface area (Å²) < 4.78 is 3.44. The summed E-state index contributed by atoms with van der Waals surface area (Å²) in [4.78, 5) is 49.2. The van der Waals surface area contributed by atoms with Crippen molar-refractivity contribution in [3.05, 3.63) is 88.1 Å². The number of carbonyl (C=O) groups is 1. The number of nitrogens with one attached hydrogen (secondary N) is 2. The molecule has 1 amide bonds. The number of amides is 1. The molecule has 0 bridgehead atoms. The third-order valence-electron chi connectivity index (χ3n) is 13.4. The van der Waals surface area contributed by atoms with Crippen LogP contribution in [0.3, 0.4) is 0 Å². The lowest BCUT2D eigenvalue weighted by atomic mass is 9.88. The Morgan fingerprint density at radius 2 is 1.67 bits per heavy atom. The van der Waals surface area contributed by atoms with E-state index in [2.05, 4.69) is 48.2 Å². The number of piperazine rings is 2. The molecule has 5 fully saturated rings. The van der Waals surface area contributed by atoms with Crippen LogP contribution in [-0.2, 0) is 0 Å². The van der Waals surface area contributed by atoms with E-state index in [9.17, 15) is 9.59 Å². The Hall–Kier alpha value is -5.18. The number of hydrogen-bond acceptors (Lipinski definition) is 10. The Morgan fingerprint density at radius 3 is 2.43 bits per heavy atom. The van der Waals surface area contributed by atoms with Gasteiger partial charge < -0.3 is 15.1 Å². The zero-order valence-electron chi connectivity index (χ0n) is 33.8. The third-order valence-corrected chi connectivity index (χ3v) is 13.4. The monoisotopic (exact) mass is 783 g/mol. The number of rotatable bonds is 9. The van der Waals surface area contributed by atoms with Crippen molar-refractivity contribution in [3.63, 3.8) is 0 Å². The molecule has 14 nitrogen and oxygen atoms in total. The molecular formula is C44H55N12O2+. The first-order chi connectivity index (χ1) is 28.2. The molecule has 302 valence electrons. The highest BCUT2D eigenvalue weighted by atomic mass is 16.2.